The van der Waals surface area contributed by atoms with Crippen molar-refractivity contribution in [3.8, 4) is 0 Å². The number of carbonyl (C=O) groups is 2. The average molecular weight is 524 g/mol. The Bertz CT molecular complexity index is 1280. The highest BCUT2D eigenvalue weighted by atomic mass is 31.2. The highest BCUT2D eigenvalue weighted by molar-refractivity contribution is 7.47. The van der Waals surface area contributed by atoms with Gasteiger partial charge in [0.1, 0.15) is 24.6 Å². The Labute approximate surface area is 207 Å². The van der Waals surface area contributed by atoms with Gasteiger partial charge in [-0.05, 0) is 13.0 Å². The Morgan fingerprint density at radius 2 is 1.89 bits per heavy atom. The van der Waals surface area contributed by atoms with Gasteiger partial charge in [-0.3, -0.25) is 18.6 Å². The number of esters is 2. The predicted molar refractivity (Wildman–Crippen MR) is 129 cm³/mol. The number of hydrogen-bond acceptors (Lipinski definition) is 11. The third kappa shape index (κ3) is 7.21. The lowest BCUT2D eigenvalue weighted by atomic mass is 10.2. The number of imidazole rings is 1. The third-order valence-electron chi connectivity index (χ3n) is 4.92. The number of rotatable bonds is 13. The number of anilines is 1. The molecule has 14 heteroatoms. The van der Waals surface area contributed by atoms with Crippen LogP contribution in [0.2, 0.25) is 0 Å². The van der Waals surface area contributed by atoms with Crippen LogP contribution in [0.25, 0.3) is 21.9 Å². The summed E-state index contributed by atoms with van der Waals surface area (Å²) in [7, 11) is -4.54. The lowest BCUT2D eigenvalue weighted by Gasteiger charge is -2.19. The van der Waals surface area contributed by atoms with E-state index in [4.69, 9.17) is 29.0 Å². The molecule has 2 aromatic heterocycles. The van der Waals surface area contributed by atoms with Crippen LogP contribution < -0.4 is 5.73 Å². The lowest BCUT2D eigenvalue weighted by Crippen LogP contribution is -2.28. The predicted octanol–water partition coefficient (Wildman–Crippen LogP) is 2.33. The first-order chi connectivity index (χ1) is 17.1. The van der Waals surface area contributed by atoms with Crippen molar-refractivity contribution < 1.29 is 42.3 Å². The minimum Gasteiger partial charge on any atom is -0.462 e. The molecular formula is C22H29N4O9P. The van der Waals surface area contributed by atoms with Gasteiger partial charge in [0.25, 0.3) is 0 Å². The van der Waals surface area contributed by atoms with Gasteiger partial charge >= 0.3 is 19.8 Å². The third-order valence-corrected chi connectivity index (χ3v) is 5.91. The number of aromatic nitrogens is 3. The second-order valence-corrected chi connectivity index (χ2v) is 9.11. The minimum absolute atomic E-state index is 0.126. The van der Waals surface area contributed by atoms with E-state index in [1.54, 1.807) is 4.57 Å². The number of nitrogens with zero attached hydrogens (tertiary/aromatic N) is 3. The minimum atomic E-state index is -4.54. The first-order valence-corrected chi connectivity index (χ1v) is 12.6. The van der Waals surface area contributed by atoms with Gasteiger partial charge in [-0.25, -0.2) is 14.5 Å². The molecule has 1 unspecified atom stereocenters. The van der Waals surface area contributed by atoms with E-state index >= 15 is 0 Å². The molecule has 0 saturated heterocycles. The van der Waals surface area contributed by atoms with Gasteiger partial charge in [-0.1, -0.05) is 18.2 Å². The SMILES string of the molecule is CCOCc1nc2c(N)nc3ccccc3c2n1CCOP(=O)(O)OC[C@@H](COC(C)=O)OC(C)=O. The molecule has 3 rings (SSSR count). The van der Waals surface area contributed by atoms with Crippen molar-refractivity contribution in [1.82, 2.24) is 14.5 Å². The summed E-state index contributed by atoms with van der Waals surface area (Å²) in [4.78, 5) is 41.4. The summed E-state index contributed by atoms with van der Waals surface area (Å²) in [6.07, 6.45) is -1.08. The number of phosphoric ester groups is 1. The van der Waals surface area contributed by atoms with Crippen LogP contribution in [0.5, 0.6) is 0 Å². The molecule has 0 aliphatic heterocycles. The summed E-state index contributed by atoms with van der Waals surface area (Å²) in [6.45, 7) is 3.88. The maximum atomic E-state index is 12.4. The fourth-order valence-electron chi connectivity index (χ4n) is 3.47. The molecule has 0 amide bonds. The van der Waals surface area contributed by atoms with Gasteiger partial charge in [0.2, 0.25) is 0 Å². The standard InChI is InChI=1S/C22H29N4O9P/c1-4-31-13-19-25-20-21(17-7-5-6-8-18(17)24-22(20)23)26(19)9-10-33-36(29,30)34-12-16(35-15(3)28)11-32-14(2)27/h5-8,16H,4,9-13H2,1-3H3,(H2,23,24)(H,29,30)/t16-/m1/s1. The maximum absolute atomic E-state index is 12.4. The van der Waals surface area contributed by atoms with Crippen molar-refractivity contribution in [2.75, 3.05) is 32.2 Å². The summed E-state index contributed by atoms with van der Waals surface area (Å²) in [5.41, 5.74) is 8.00. The Morgan fingerprint density at radius 3 is 2.58 bits per heavy atom. The molecule has 0 fully saturated rings. The van der Waals surface area contributed by atoms with Crippen molar-refractivity contribution >= 4 is 47.5 Å². The van der Waals surface area contributed by atoms with Crippen LogP contribution >= 0.6 is 7.82 Å². The number of nitrogen functional groups attached to an aromatic ring is 1. The van der Waals surface area contributed by atoms with Gasteiger partial charge in [-0.2, -0.15) is 0 Å². The molecular weight excluding hydrogens is 495 g/mol. The van der Waals surface area contributed by atoms with Gasteiger partial charge in [-0.15, -0.1) is 0 Å². The first kappa shape index (κ1) is 27.5. The highest BCUT2D eigenvalue weighted by Crippen LogP contribution is 2.43. The molecule has 0 radical (unpaired) electrons. The van der Waals surface area contributed by atoms with Crippen LogP contribution in [0.15, 0.2) is 24.3 Å². The van der Waals surface area contributed by atoms with E-state index in [2.05, 4.69) is 9.97 Å². The van der Waals surface area contributed by atoms with E-state index < -0.39 is 32.5 Å². The van der Waals surface area contributed by atoms with E-state index in [1.165, 1.54) is 6.92 Å². The Morgan fingerprint density at radius 1 is 1.14 bits per heavy atom. The van der Waals surface area contributed by atoms with E-state index in [0.29, 0.717) is 29.0 Å². The molecule has 0 aliphatic carbocycles. The second-order valence-electron chi connectivity index (χ2n) is 7.66. The van der Waals surface area contributed by atoms with Crippen molar-refractivity contribution in [1.29, 1.82) is 0 Å². The number of carbonyl (C=O) groups excluding carboxylic acids is 2. The number of para-hydroxylation sites is 1. The van der Waals surface area contributed by atoms with Crippen molar-refractivity contribution in [2.45, 2.75) is 40.0 Å². The van der Waals surface area contributed by atoms with Crippen LogP contribution in [0, 0.1) is 0 Å². The topological polar surface area (TPSA) is 174 Å². The largest absolute Gasteiger partial charge is 0.472 e. The molecule has 2 heterocycles. The summed E-state index contributed by atoms with van der Waals surface area (Å²) < 4.78 is 39.6. The van der Waals surface area contributed by atoms with Crippen molar-refractivity contribution in [3.05, 3.63) is 30.1 Å². The van der Waals surface area contributed by atoms with E-state index in [-0.39, 0.29) is 32.2 Å². The summed E-state index contributed by atoms with van der Waals surface area (Å²) in [6, 6.07) is 7.41. The number of fused-ring (bicyclic) bond motifs is 3. The van der Waals surface area contributed by atoms with Gasteiger partial charge < -0.3 is 29.4 Å². The van der Waals surface area contributed by atoms with Crippen LogP contribution in [0.4, 0.5) is 5.82 Å². The monoisotopic (exact) mass is 524 g/mol. The fourth-order valence-corrected chi connectivity index (χ4v) is 4.21. The van der Waals surface area contributed by atoms with Crippen LogP contribution in [-0.4, -0.2) is 63.9 Å². The molecule has 13 nitrogen and oxygen atoms in total. The molecule has 3 N–H and O–H groups in total. The van der Waals surface area contributed by atoms with E-state index in [9.17, 15) is 19.0 Å². The smallest absolute Gasteiger partial charge is 0.462 e. The Kier molecular flexibility index (Phi) is 9.35. The summed E-state index contributed by atoms with van der Waals surface area (Å²) in [5.74, 6) is -0.472. The van der Waals surface area contributed by atoms with Crippen LogP contribution in [0.3, 0.4) is 0 Å². The normalized spacial score (nSPS) is 14.0. The van der Waals surface area contributed by atoms with E-state index in [1.807, 2.05) is 31.2 Å². The molecule has 3 aromatic rings. The number of ether oxygens (including phenoxy) is 3. The first-order valence-electron chi connectivity index (χ1n) is 11.1. The van der Waals surface area contributed by atoms with Crippen molar-refractivity contribution in [2.24, 2.45) is 0 Å². The molecule has 0 aliphatic rings. The molecule has 2 atom stereocenters. The van der Waals surface area contributed by atoms with Gasteiger partial charge in [0.05, 0.1) is 24.2 Å². The summed E-state index contributed by atoms with van der Waals surface area (Å²) in [5, 5.41) is 0.801. The van der Waals surface area contributed by atoms with Gasteiger partial charge in [0, 0.05) is 32.4 Å². The quantitative estimate of drug-likeness (QED) is 0.247. The summed E-state index contributed by atoms with van der Waals surface area (Å²) >= 11 is 0. The van der Waals surface area contributed by atoms with Crippen LogP contribution in [0.1, 0.15) is 26.6 Å². The zero-order chi connectivity index (χ0) is 26.3. The maximum Gasteiger partial charge on any atom is 0.472 e. The van der Waals surface area contributed by atoms with Crippen molar-refractivity contribution in [3.63, 3.8) is 0 Å². The molecule has 0 bridgehead atoms. The van der Waals surface area contributed by atoms with Gasteiger partial charge in [0.15, 0.2) is 11.9 Å². The molecule has 196 valence electrons. The number of pyridine rings is 1. The average Bonchev–Trinajstić information content (AvgIpc) is 3.18. The number of nitrogens with two attached hydrogens (primary N) is 1. The zero-order valence-electron chi connectivity index (χ0n) is 20.2. The van der Waals surface area contributed by atoms with Crippen LogP contribution in [-0.2, 0) is 50.6 Å². The van der Waals surface area contributed by atoms with E-state index in [0.717, 1.165) is 12.3 Å². The molecule has 0 spiro atoms. The zero-order valence-corrected chi connectivity index (χ0v) is 21.1. The lowest BCUT2D eigenvalue weighted by molar-refractivity contribution is -0.158. The highest BCUT2D eigenvalue weighted by Gasteiger charge is 2.26. The Hall–Kier alpha value is -3.09. The number of benzene rings is 1. The number of hydrogen-bond donors (Lipinski definition) is 2. The fraction of sp³-hybridized carbons (Fsp3) is 0.455. The molecule has 0 saturated carbocycles. The molecule has 1 aromatic carbocycles. The molecule has 36 heavy (non-hydrogen) atoms. The number of phosphoric acid groups is 1. The second kappa shape index (κ2) is 12.2. The Balaban J connectivity index is 1.75.